The predicted octanol–water partition coefficient (Wildman–Crippen LogP) is 2.95. The van der Waals surface area contributed by atoms with Crippen molar-refractivity contribution in [3.8, 4) is 5.75 Å². The van der Waals surface area contributed by atoms with Crippen molar-refractivity contribution in [2.24, 2.45) is 0 Å². The Bertz CT molecular complexity index is 778. The maximum atomic E-state index is 12.0. The Morgan fingerprint density at radius 3 is 2.25 bits per heavy atom. The molecule has 0 aliphatic rings. The van der Waals surface area contributed by atoms with E-state index in [4.69, 9.17) is 9.84 Å². The van der Waals surface area contributed by atoms with E-state index >= 15 is 0 Å². The van der Waals surface area contributed by atoms with E-state index < -0.39 is 17.5 Å². The van der Waals surface area contributed by atoms with Crippen LogP contribution < -0.4 is 4.74 Å². The topological polar surface area (TPSA) is 107 Å². The summed E-state index contributed by atoms with van der Waals surface area (Å²) in [7, 11) is 0. The van der Waals surface area contributed by atoms with Crippen molar-refractivity contribution in [1.82, 2.24) is 0 Å². The molecule has 0 aliphatic carbocycles. The van der Waals surface area contributed by atoms with Gasteiger partial charge in [0.2, 0.25) is 0 Å². The highest BCUT2D eigenvalue weighted by Crippen LogP contribution is 2.15. The van der Waals surface area contributed by atoms with Gasteiger partial charge in [-0.1, -0.05) is 18.2 Å². The van der Waals surface area contributed by atoms with Gasteiger partial charge in [-0.15, -0.1) is 0 Å². The van der Waals surface area contributed by atoms with Gasteiger partial charge in [0.15, 0.2) is 12.4 Å². The Kier molecular flexibility index (Phi) is 5.40. The van der Waals surface area contributed by atoms with Gasteiger partial charge < -0.3 is 9.84 Å². The van der Waals surface area contributed by atoms with Crippen molar-refractivity contribution < 1.29 is 24.4 Å². The highest BCUT2D eigenvalue weighted by molar-refractivity contribution is 6.06. The molecule has 0 unspecified atom stereocenters. The Morgan fingerprint density at radius 1 is 1.08 bits per heavy atom. The van der Waals surface area contributed by atoms with Crippen LogP contribution >= 0.6 is 0 Å². The molecule has 0 aliphatic heterocycles. The highest BCUT2D eigenvalue weighted by atomic mass is 16.6. The average molecular weight is 327 g/mol. The van der Waals surface area contributed by atoms with E-state index in [0.717, 1.165) is 5.56 Å². The van der Waals surface area contributed by atoms with Crippen LogP contribution in [0.4, 0.5) is 5.69 Å². The molecule has 0 atom stereocenters. The summed E-state index contributed by atoms with van der Waals surface area (Å²) in [4.78, 5) is 32.4. The molecule has 0 saturated heterocycles. The van der Waals surface area contributed by atoms with Gasteiger partial charge in [-0.3, -0.25) is 14.9 Å². The Hall–Kier alpha value is -3.48. The van der Waals surface area contributed by atoms with E-state index in [-0.39, 0.29) is 11.5 Å². The predicted molar refractivity (Wildman–Crippen MR) is 86.0 cm³/mol. The zero-order chi connectivity index (χ0) is 17.5. The third-order valence-electron chi connectivity index (χ3n) is 3.03. The van der Waals surface area contributed by atoms with Crippen molar-refractivity contribution in [1.29, 1.82) is 0 Å². The standard InChI is InChI=1S/C17H13NO6/c19-16(13-4-6-14(7-5-13)18(22)23)10-3-12-1-8-15(9-2-12)24-11-17(20)21/h1-10H,11H2,(H,20,21)/b10-3+. The van der Waals surface area contributed by atoms with Crippen molar-refractivity contribution in [3.05, 3.63) is 75.8 Å². The molecule has 0 radical (unpaired) electrons. The fraction of sp³-hybridized carbons (Fsp3) is 0.0588. The summed E-state index contributed by atoms with van der Waals surface area (Å²) in [6, 6.07) is 11.9. The molecule has 0 amide bonds. The summed E-state index contributed by atoms with van der Waals surface area (Å²) in [6.45, 7) is -0.423. The number of aliphatic carboxylic acids is 1. The van der Waals surface area contributed by atoms with Crippen LogP contribution in [0.5, 0.6) is 5.75 Å². The normalized spacial score (nSPS) is 10.5. The molecule has 0 spiro atoms. The lowest BCUT2D eigenvalue weighted by Crippen LogP contribution is -2.09. The van der Waals surface area contributed by atoms with E-state index in [0.29, 0.717) is 11.3 Å². The maximum absolute atomic E-state index is 12.0. The lowest BCUT2D eigenvalue weighted by molar-refractivity contribution is -0.384. The number of nitro groups is 1. The second-order valence-electron chi connectivity index (χ2n) is 4.75. The number of ether oxygens (including phenoxy) is 1. The first-order chi connectivity index (χ1) is 11.5. The van der Waals surface area contributed by atoms with Crippen LogP contribution in [-0.4, -0.2) is 28.4 Å². The summed E-state index contributed by atoms with van der Waals surface area (Å²) >= 11 is 0. The van der Waals surface area contributed by atoms with Crippen LogP contribution in [0, 0.1) is 10.1 Å². The minimum absolute atomic E-state index is 0.0764. The summed E-state index contributed by atoms with van der Waals surface area (Å²) < 4.78 is 5.00. The van der Waals surface area contributed by atoms with Crippen molar-refractivity contribution >= 4 is 23.5 Å². The van der Waals surface area contributed by atoms with Crippen LogP contribution in [0.3, 0.4) is 0 Å². The molecule has 1 N–H and O–H groups in total. The number of hydrogen-bond acceptors (Lipinski definition) is 5. The molecule has 122 valence electrons. The number of nitrogens with zero attached hydrogens (tertiary/aromatic N) is 1. The first-order valence-corrected chi connectivity index (χ1v) is 6.87. The van der Waals surface area contributed by atoms with Crippen LogP contribution in [0.2, 0.25) is 0 Å². The Balaban J connectivity index is 2.00. The highest BCUT2D eigenvalue weighted by Gasteiger charge is 2.07. The lowest BCUT2D eigenvalue weighted by Gasteiger charge is -2.02. The number of allylic oxidation sites excluding steroid dienone is 1. The fourth-order valence-corrected chi connectivity index (χ4v) is 1.84. The van der Waals surface area contributed by atoms with Crippen molar-refractivity contribution in [2.75, 3.05) is 6.61 Å². The van der Waals surface area contributed by atoms with Gasteiger partial charge in [0.05, 0.1) is 4.92 Å². The maximum Gasteiger partial charge on any atom is 0.341 e. The third-order valence-corrected chi connectivity index (χ3v) is 3.03. The molecule has 0 bridgehead atoms. The number of rotatable bonds is 7. The van der Waals surface area contributed by atoms with Crippen LogP contribution in [0.1, 0.15) is 15.9 Å². The van der Waals surface area contributed by atoms with E-state index in [2.05, 4.69) is 0 Å². The number of carbonyl (C=O) groups excluding carboxylic acids is 1. The van der Waals surface area contributed by atoms with E-state index in [1.807, 2.05) is 0 Å². The molecule has 0 saturated carbocycles. The fourth-order valence-electron chi connectivity index (χ4n) is 1.84. The molecule has 0 fully saturated rings. The molecular formula is C17H13NO6. The zero-order valence-corrected chi connectivity index (χ0v) is 12.4. The van der Waals surface area contributed by atoms with E-state index in [1.165, 1.54) is 30.3 Å². The van der Waals surface area contributed by atoms with Gasteiger partial charge >= 0.3 is 5.97 Å². The zero-order valence-electron chi connectivity index (χ0n) is 12.4. The van der Waals surface area contributed by atoms with Crippen LogP contribution in [-0.2, 0) is 4.79 Å². The van der Waals surface area contributed by atoms with Crippen LogP contribution in [0.25, 0.3) is 6.08 Å². The van der Waals surface area contributed by atoms with Gasteiger partial charge in [-0.25, -0.2) is 4.79 Å². The first-order valence-electron chi connectivity index (χ1n) is 6.87. The first kappa shape index (κ1) is 16.9. The lowest BCUT2D eigenvalue weighted by atomic mass is 10.1. The molecule has 2 aromatic carbocycles. The smallest absolute Gasteiger partial charge is 0.341 e. The summed E-state index contributed by atoms with van der Waals surface area (Å²) in [6.07, 6.45) is 2.94. The summed E-state index contributed by atoms with van der Waals surface area (Å²) in [5, 5.41) is 19.1. The second kappa shape index (κ2) is 7.68. The van der Waals surface area contributed by atoms with Gasteiger partial charge in [0.25, 0.3) is 5.69 Å². The van der Waals surface area contributed by atoms with Gasteiger partial charge in [0, 0.05) is 17.7 Å². The van der Waals surface area contributed by atoms with Crippen molar-refractivity contribution in [2.45, 2.75) is 0 Å². The average Bonchev–Trinajstić information content (AvgIpc) is 2.58. The number of hydrogen-bond donors (Lipinski definition) is 1. The molecular weight excluding hydrogens is 314 g/mol. The number of carbonyl (C=O) groups is 2. The summed E-state index contributed by atoms with van der Waals surface area (Å²) in [5.41, 5.74) is 0.999. The summed E-state index contributed by atoms with van der Waals surface area (Å²) in [5.74, 6) is -0.931. The quantitative estimate of drug-likeness (QED) is 0.362. The van der Waals surface area contributed by atoms with Gasteiger partial charge in [0.1, 0.15) is 5.75 Å². The molecule has 0 heterocycles. The number of carboxylic acids is 1. The minimum atomic E-state index is -1.06. The monoisotopic (exact) mass is 327 g/mol. The minimum Gasteiger partial charge on any atom is -0.482 e. The SMILES string of the molecule is O=C(O)COc1ccc(/C=C/C(=O)c2ccc([N+](=O)[O-])cc2)cc1. The van der Waals surface area contributed by atoms with Gasteiger partial charge in [-0.2, -0.15) is 0 Å². The number of ketones is 1. The van der Waals surface area contributed by atoms with E-state index in [9.17, 15) is 19.7 Å². The molecule has 7 heteroatoms. The Labute approximate surface area is 137 Å². The molecule has 0 aromatic heterocycles. The van der Waals surface area contributed by atoms with E-state index in [1.54, 1.807) is 30.3 Å². The molecule has 7 nitrogen and oxygen atoms in total. The number of nitro benzene ring substituents is 1. The second-order valence-corrected chi connectivity index (χ2v) is 4.75. The third kappa shape index (κ3) is 4.77. The molecule has 2 rings (SSSR count). The number of benzene rings is 2. The Morgan fingerprint density at radius 2 is 1.71 bits per heavy atom. The number of carboxylic acid groups (broad SMARTS) is 1. The molecule has 2 aromatic rings. The molecule has 24 heavy (non-hydrogen) atoms. The number of non-ortho nitro benzene ring substituents is 1. The van der Waals surface area contributed by atoms with Gasteiger partial charge in [-0.05, 0) is 35.9 Å². The van der Waals surface area contributed by atoms with Crippen LogP contribution in [0.15, 0.2) is 54.6 Å². The van der Waals surface area contributed by atoms with Crippen molar-refractivity contribution in [3.63, 3.8) is 0 Å². The largest absolute Gasteiger partial charge is 0.482 e.